The highest BCUT2D eigenvalue weighted by Gasteiger charge is 2.36. The van der Waals surface area contributed by atoms with E-state index in [0.717, 1.165) is 4.47 Å². The van der Waals surface area contributed by atoms with E-state index in [9.17, 15) is 0 Å². The smallest absolute Gasteiger partial charge is 0.0221 e. The summed E-state index contributed by atoms with van der Waals surface area (Å²) in [6.07, 6.45) is 4.65. The first-order chi connectivity index (χ1) is 12.7. The molecule has 0 bridgehead atoms. The number of hydrogen-bond acceptors (Lipinski definition) is 1. The fourth-order valence-corrected chi connectivity index (χ4v) is 4.33. The molecule has 1 aliphatic rings. The van der Waals surface area contributed by atoms with Gasteiger partial charge in [0.25, 0.3) is 0 Å². The lowest BCUT2D eigenvalue weighted by Gasteiger charge is -2.38. The monoisotopic (exact) mass is 403 g/mol. The predicted octanol–water partition coefficient (Wildman–Crippen LogP) is 6.00. The second-order valence-corrected chi connectivity index (χ2v) is 7.83. The highest BCUT2D eigenvalue weighted by atomic mass is 79.9. The van der Waals surface area contributed by atoms with E-state index in [4.69, 9.17) is 5.73 Å². The quantitative estimate of drug-likeness (QED) is 0.533. The van der Waals surface area contributed by atoms with Crippen molar-refractivity contribution < 1.29 is 0 Å². The third kappa shape index (κ3) is 3.40. The highest BCUT2D eigenvalue weighted by Crippen LogP contribution is 2.44. The molecule has 4 atom stereocenters. The zero-order valence-electron chi connectivity index (χ0n) is 14.5. The van der Waals surface area contributed by atoms with Gasteiger partial charge in [0.2, 0.25) is 0 Å². The molecule has 0 spiro atoms. The third-order valence-electron chi connectivity index (χ3n) is 5.37. The molecule has 3 aromatic carbocycles. The van der Waals surface area contributed by atoms with Gasteiger partial charge in [-0.1, -0.05) is 101 Å². The van der Waals surface area contributed by atoms with Gasteiger partial charge in [-0.2, -0.15) is 0 Å². The molecule has 0 radical (unpaired) electrons. The minimum absolute atomic E-state index is 0.0220. The fourth-order valence-electron chi connectivity index (χ4n) is 4.07. The topological polar surface area (TPSA) is 26.0 Å². The van der Waals surface area contributed by atoms with Crippen LogP contribution in [0.15, 0.2) is 102 Å². The normalized spacial score (nSPS) is 25.2. The van der Waals surface area contributed by atoms with E-state index in [-0.39, 0.29) is 23.8 Å². The van der Waals surface area contributed by atoms with Crippen LogP contribution < -0.4 is 5.73 Å². The molecule has 130 valence electrons. The van der Waals surface area contributed by atoms with Crippen molar-refractivity contribution in [3.05, 3.63) is 118 Å². The van der Waals surface area contributed by atoms with Gasteiger partial charge in [-0.25, -0.2) is 0 Å². The molecular weight excluding hydrogens is 382 g/mol. The maximum Gasteiger partial charge on any atom is 0.0221 e. The Bertz CT molecular complexity index is 871. The predicted molar refractivity (Wildman–Crippen MR) is 112 cm³/mol. The molecule has 0 aliphatic heterocycles. The summed E-state index contributed by atoms with van der Waals surface area (Å²) >= 11 is 3.55. The Morgan fingerprint density at radius 2 is 1.08 bits per heavy atom. The molecular formula is C24H22BrN. The molecule has 0 heterocycles. The van der Waals surface area contributed by atoms with Gasteiger partial charge < -0.3 is 5.73 Å². The average Bonchev–Trinajstić information content (AvgIpc) is 2.70. The van der Waals surface area contributed by atoms with Crippen LogP contribution >= 0.6 is 15.9 Å². The van der Waals surface area contributed by atoms with Crippen LogP contribution in [-0.4, -0.2) is 6.04 Å². The number of halogens is 1. The lowest BCUT2D eigenvalue weighted by molar-refractivity contribution is 0.439. The molecule has 1 aliphatic carbocycles. The summed E-state index contributed by atoms with van der Waals surface area (Å²) in [6.45, 7) is 0. The van der Waals surface area contributed by atoms with E-state index in [1.165, 1.54) is 16.7 Å². The summed E-state index contributed by atoms with van der Waals surface area (Å²) in [7, 11) is 0. The van der Waals surface area contributed by atoms with Crippen molar-refractivity contribution in [2.45, 2.75) is 23.8 Å². The van der Waals surface area contributed by atoms with Crippen molar-refractivity contribution >= 4 is 15.9 Å². The Labute approximate surface area is 163 Å². The molecule has 26 heavy (non-hydrogen) atoms. The lowest BCUT2D eigenvalue weighted by atomic mass is 9.68. The van der Waals surface area contributed by atoms with Crippen LogP contribution in [0.5, 0.6) is 0 Å². The van der Waals surface area contributed by atoms with Gasteiger partial charge in [0.15, 0.2) is 0 Å². The molecule has 2 N–H and O–H groups in total. The number of hydrogen-bond donors (Lipinski definition) is 1. The number of nitrogens with two attached hydrogens (primary N) is 1. The van der Waals surface area contributed by atoms with E-state index in [1.807, 2.05) is 0 Å². The highest BCUT2D eigenvalue weighted by molar-refractivity contribution is 9.10. The van der Waals surface area contributed by atoms with Crippen molar-refractivity contribution in [1.29, 1.82) is 0 Å². The SMILES string of the molecule is N[C@@H]1[C@@H](c2ccc(Br)cc2)[C@@H](c2ccccc2)C=C[C@H]1c1ccccc1. The summed E-state index contributed by atoms with van der Waals surface area (Å²) in [4.78, 5) is 0. The Hall–Kier alpha value is -2.16. The maximum atomic E-state index is 6.89. The summed E-state index contributed by atoms with van der Waals surface area (Å²) in [6, 6.07) is 29.9. The largest absolute Gasteiger partial charge is 0.326 e. The Balaban J connectivity index is 1.79. The second-order valence-electron chi connectivity index (χ2n) is 6.91. The van der Waals surface area contributed by atoms with Gasteiger partial charge in [0.1, 0.15) is 0 Å². The zero-order valence-corrected chi connectivity index (χ0v) is 16.1. The first kappa shape index (κ1) is 17.3. The molecule has 1 nitrogen and oxygen atoms in total. The van der Waals surface area contributed by atoms with E-state index < -0.39 is 0 Å². The zero-order chi connectivity index (χ0) is 17.9. The van der Waals surface area contributed by atoms with Gasteiger partial charge in [-0.05, 0) is 28.8 Å². The van der Waals surface area contributed by atoms with E-state index >= 15 is 0 Å². The summed E-state index contributed by atoms with van der Waals surface area (Å²) in [5.74, 6) is 0.748. The molecule has 4 rings (SSSR count). The van der Waals surface area contributed by atoms with Gasteiger partial charge in [0, 0.05) is 28.3 Å². The summed E-state index contributed by atoms with van der Waals surface area (Å²) in [5, 5.41) is 0. The van der Waals surface area contributed by atoms with Crippen molar-refractivity contribution in [3.8, 4) is 0 Å². The van der Waals surface area contributed by atoms with Crippen LogP contribution in [0.4, 0.5) is 0 Å². The first-order valence-corrected chi connectivity index (χ1v) is 9.82. The van der Waals surface area contributed by atoms with Gasteiger partial charge >= 0.3 is 0 Å². The van der Waals surface area contributed by atoms with Crippen LogP contribution in [0.2, 0.25) is 0 Å². The third-order valence-corrected chi connectivity index (χ3v) is 5.89. The molecule has 0 unspecified atom stereocenters. The lowest BCUT2D eigenvalue weighted by Crippen LogP contribution is -2.39. The number of allylic oxidation sites excluding steroid dienone is 1. The van der Waals surface area contributed by atoms with Crippen LogP contribution in [0.25, 0.3) is 0 Å². The number of benzene rings is 3. The first-order valence-electron chi connectivity index (χ1n) is 9.03. The van der Waals surface area contributed by atoms with Crippen LogP contribution in [-0.2, 0) is 0 Å². The van der Waals surface area contributed by atoms with E-state index in [1.54, 1.807) is 0 Å². The van der Waals surface area contributed by atoms with Gasteiger partial charge in [-0.3, -0.25) is 0 Å². The molecule has 0 amide bonds. The van der Waals surface area contributed by atoms with Gasteiger partial charge in [-0.15, -0.1) is 0 Å². The van der Waals surface area contributed by atoms with Crippen LogP contribution in [0.1, 0.15) is 34.4 Å². The van der Waals surface area contributed by atoms with Crippen molar-refractivity contribution in [3.63, 3.8) is 0 Å². The Kier molecular flexibility index (Phi) is 5.05. The summed E-state index contributed by atoms with van der Waals surface area (Å²) < 4.78 is 1.09. The van der Waals surface area contributed by atoms with Crippen molar-refractivity contribution in [2.24, 2.45) is 5.73 Å². The second kappa shape index (κ2) is 7.61. The van der Waals surface area contributed by atoms with E-state index in [2.05, 4.69) is 113 Å². The van der Waals surface area contributed by atoms with Crippen LogP contribution in [0, 0.1) is 0 Å². The minimum atomic E-state index is 0.0220. The molecule has 0 saturated carbocycles. The van der Waals surface area contributed by atoms with Crippen molar-refractivity contribution in [2.75, 3.05) is 0 Å². The Morgan fingerprint density at radius 3 is 1.65 bits per heavy atom. The average molecular weight is 404 g/mol. The van der Waals surface area contributed by atoms with Crippen molar-refractivity contribution in [1.82, 2.24) is 0 Å². The van der Waals surface area contributed by atoms with Gasteiger partial charge in [0.05, 0.1) is 0 Å². The molecule has 0 saturated heterocycles. The molecule has 2 heteroatoms. The number of rotatable bonds is 3. The molecule has 0 fully saturated rings. The standard InChI is InChI=1S/C24H22BrN/c25-20-13-11-19(12-14-20)23-21(17-7-3-1-4-8-17)15-16-22(24(23)26)18-9-5-2-6-10-18/h1-16,21-24H,26H2/t21-,22+,23+,24+/m1/s1. The molecule has 3 aromatic rings. The fraction of sp³-hybridized carbons (Fsp3) is 0.167. The maximum absolute atomic E-state index is 6.89. The van der Waals surface area contributed by atoms with E-state index in [0.29, 0.717) is 0 Å². The molecule has 0 aromatic heterocycles. The summed E-state index contributed by atoms with van der Waals surface area (Å²) in [5.41, 5.74) is 10.8. The van der Waals surface area contributed by atoms with Crippen LogP contribution in [0.3, 0.4) is 0 Å². The Morgan fingerprint density at radius 1 is 0.577 bits per heavy atom. The minimum Gasteiger partial charge on any atom is -0.326 e.